The van der Waals surface area contributed by atoms with Crippen molar-refractivity contribution in [2.75, 3.05) is 0 Å². The van der Waals surface area contributed by atoms with Crippen LogP contribution in [0.25, 0.3) is 0 Å². The number of aliphatic hydroxyl groups excluding tert-OH is 1. The molecule has 4 atom stereocenters. The lowest BCUT2D eigenvalue weighted by Gasteiger charge is -2.56. The van der Waals surface area contributed by atoms with Crippen molar-refractivity contribution in [2.24, 2.45) is 22.7 Å². The number of carbonyl (C=O) groups excluding carboxylic acids is 2. The highest BCUT2D eigenvalue weighted by Crippen LogP contribution is 2.60. The molecule has 0 aliphatic heterocycles. The number of hydrogen-bond donors (Lipinski definition) is 1. The van der Waals surface area contributed by atoms with Crippen molar-refractivity contribution in [3.63, 3.8) is 0 Å². The lowest BCUT2D eigenvalue weighted by Crippen LogP contribution is -2.53. The van der Waals surface area contributed by atoms with E-state index in [2.05, 4.69) is 20.8 Å². The van der Waals surface area contributed by atoms with E-state index in [9.17, 15) is 14.7 Å². The molecule has 0 spiro atoms. The molecule has 3 nitrogen and oxygen atoms in total. The number of fused-ring (bicyclic) bond motifs is 3. The van der Waals surface area contributed by atoms with Crippen LogP contribution in [-0.4, -0.2) is 23.3 Å². The van der Waals surface area contributed by atoms with Crippen LogP contribution in [0.5, 0.6) is 0 Å². The summed E-state index contributed by atoms with van der Waals surface area (Å²) in [6.07, 6.45) is 9.13. The number of rotatable bonds is 1. The van der Waals surface area contributed by atoms with Crippen LogP contribution >= 0.6 is 0 Å². The van der Waals surface area contributed by atoms with Gasteiger partial charge in [0.1, 0.15) is 6.29 Å². The van der Waals surface area contributed by atoms with Gasteiger partial charge in [0.05, 0.1) is 6.10 Å². The summed E-state index contributed by atoms with van der Waals surface area (Å²) < 4.78 is 0. The fraction of sp³-hybridized carbons (Fsp3) is 0.700. The number of allylic oxidation sites excluding steroid dienone is 2. The lowest BCUT2D eigenvalue weighted by atomic mass is 9.47. The highest BCUT2D eigenvalue weighted by molar-refractivity contribution is 5.95. The Labute approximate surface area is 138 Å². The summed E-state index contributed by atoms with van der Waals surface area (Å²) in [7, 11) is 0. The van der Waals surface area contributed by atoms with Gasteiger partial charge in [-0.05, 0) is 54.1 Å². The van der Waals surface area contributed by atoms with E-state index in [1.54, 1.807) is 0 Å². The van der Waals surface area contributed by atoms with E-state index < -0.39 is 6.10 Å². The number of carbonyl (C=O) groups is 2. The van der Waals surface area contributed by atoms with Gasteiger partial charge in [-0.15, -0.1) is 0 Å². The zero-order chi connectivity index (χ0) is 16.8. The molecule has 0 amide bonds. The maximum atomic E-state index is 12.9. The topological polar surface area (TPSA) is 54.4 Å². The Morgan fingerprint density at radius 1 is 1.22 bits per heavy atom. The van der Waals surface area contributed by atoms with E-state index in [0.29, 0.717) is 18.4 Å². The summed E-state index contributed by atoms with van der Waals surface area (Å²) in [5.74, 6) is 0.549. The fourth-order valence-electron chi connectivity index (χ4n) is 5.67. The second-order valence-electron chi connectivity index (χ2n) is 8.65. The van der Waals surface area contributed by atoms with Crippen molar-refractivity contribution >= 4 is 12.1 Å². The van der Waals surface area contributed by atoms with Crippen molar-refractivity contribution in [3.8, 4) is 0 Å². The van der Waals surface area contributed by atoms with Crippen LogP contribution in [0.3, 0.4) is 0 Å². The first kappa shape index (κ1) is 16.6. The van der Waals surface area contributed by atoms with Crippen molar-refractivity contribution in [1.82, 2.24) is 0 Å². The van der Waals surface area contributed by atoms with E-state index >= 15 is 0 Å². The summed E-state index contributed by atoms with van der Waals surface area (Å²) in [5.41, 5.74) is 1.75. The Morgan fingerprint density at radius 3 is 2.65 bits per heavy atom. The molecule has 3 rings (SSSR count). The molecule has 0 aromatic heterocycles. The second kappa shape index (κ2) is 5.70. The predicted molar refractivity (Wildman–Crippen MR) is 89.8 cm³/mol. The average Bonchev–Trinajstić information content (AvgIpc) is 2.41. The number of aldehydes is 1. The summed E-state index contributed by atoms with van der Waals surface area (Å²) in [6.45, 7) is 6.70. The fourth-order valence-corrected chi connectivity index (χ4v) is 5.67. The van der Waals surface area contributed by atoms with E-state index in [4.69, 9.17) is 0 Å². The zero-order valence-electron chi connectivity index (χ0n) is 14.5. The van der Waals surface area contributed by atoms with Crippen LogP contribution in [0.15, 0.2) is 23.3 Å². The Kier molecular flexibility index (Phi) is 4.12. The molecule has 1 N–H and O–H groups in total. The van der Waals surface area contributed by atoms with Crippen LogP contribution in [0.2, 0.25) is 0 Å². The summed E-state index contributed by atoms with van der Waals surface area (Å²) >= 11 is 0. The quantitative estimate of drug-likeness (QED) is 0.752. The monoisotopic (exact) mass is 316 g/mol. The van der Waals surface area contributed by atoms with Gasteiger partial charge in [-0.25, -0.2) is 0 Å². The third kappa shape index (κ3) is 2.73. The standard InChI is InChI=1S/C20H28O3/c1-19(2)7-4-8-20(3)16-6-5-13(12-21)9-15(22)10-14(16)11-17(23)18(19)20/h5,11-12,15-16,18,22H,4,6-10H2,1-3H3. The van der Waals surface area contributed by atoms with Gasteiger partial charge >= 0.3 is 0 Å². The number of aliphatic hydroxyl groups is 1. The molecule has 4 unspecified atom stereocenters. The van der Waals surface area contributed by atoms with Gasteiger partial charge in [-0.3, -0.25) is 9.59 Å². The molecule has 0 aromatic rings. The van der Waals surface area contributed by atoms with Crippen LogP contribution in [0.1, 0.15) is 59.3 Å². The molecule has 0 aromatic carbocycles. The molecule has 0 radical (unpaired) electrons. The van der Waals surface area contributed by atoms with E-state index in [1.165, 1.54) is 0 Å². The third-order valence-electron chi connectivity index (χ3n) is 6.54. The first-order valence-corrected chi connectivity index (χ1v) is 8.84. The molecule has 3 aliphatic carbocycles. The molecule has 126 valence electrons. The van der Waals surface area contributed by atoms with Crippen molar-refractivity contribution in [1.29, 1.82) is 0 Å². The minimum Gasteiger partial charge on any atom is -0.392 e. The number of hydrogen-bond acceptors (Lipinski definition) is 3. The predicted octanol–water partition coefficient (Wildman–Crippen LogP) is 3.61. The Balaban J connectivity index is 2.07. The molecule has 0 heterocycles. The minimum atomic E-state index is -0.565. The first-order chi connectivity index (χ1) is 10.8. The van der Waals surface area contributed by atoms with Gasteiger partial charge in [0.2, 0.25) is 0 Å². The first-order valence-electron chi connectivity index (χ1n) is 8.84. The second-order valence-corrected chi connectivity index (χ2v) is 8.65. The van der Waals surface area contributed by atoms with Gasteiger partial charge in [0.25, 0.3) is 0 Å². The number of ketones is 1. The van der Waals surface area contributed by atoms with Gasteiger partial charge in [-0.1, -0.05) is 38.8 Å². The van der Waals surface area contributed by atoms with Crippen LogP contribution in [0, 0.1) is 22.7 Å². The molecular formula is C20H28O3. The normalized spacial score (nSPS) is 40.0. The average molecular weight is 316 g/mol. The smallest absolute Gasteiger partial charge is 0.159 e. The molecule has 1 saturated carbocycles. The minimum absolute atomic E-state index is 0.0182. The SMILES string of the molecule is CC1(C)CCCC2(C)C3CC=C(C=O)CC(O)CC3=CC(=O)C12. The highest BCUT2D eigenvalue weighted by Gasteiger charge is 2.55. The van der Waals surface area contributed by atoms with Gasteiger partial charge in [-0.2, -0.15) is 0 Å². The maximum absolute atomic E-state index is 12.9. The zero-order valence-corrected chi connectivity index (χ0v) is 14.5. The molecule has 3 heteroatoms. The summed E-state index contributed by atoms with van der Waals surface area (Å²) in [5, 5.41) is 10.3. The van der Waals surface area contributed by atoms with Crippen LogP contribution < -0.4 is 0 Å². The van der Waals surface area contributed by atoms with E-state index in [1.807, 2.05) is 12.2 Å². The molecule has 3 aliphatic rings. The van der Waals surface area contributed by atoms with E-state index in [-0.39, 0.29) is 28.4 Å². The molecule has 0 bridgehead atoms. The molecule has 1 fully saturated rings. The molecule has 23 heavy (non-hydrogen) atoms. The van der Waals surface area contributed by atoms with E-state index in [0.717, 1.165) is 37.5 Å². The highest BCUT2D eigenvalue weighted by atomic mass is 16.3. The van der Waals surface area contributed by atoms with Gasteiger partial charge in [0, 0.05) is 12.3 Å². The Morgan fingerprint density at radius 2 is 1.96 bits per heavy atom. The van der Waals surface area contributed by atoms with Gasteiger partial charge in [0.15, 0.2) is 5.78 Å². The Hall–Kier alpha value is -1.22. The van der Waals surface area contributed by atoms with Crippen LogP contribution in [0.4, 0.5) is 0 Å². The van der Waals surface area contributed by atoms with Crippen molar-refractivity contribution in [2.45, 2.75) is 65.4 Å². The lowest BCUT2D eigenvalue weighted by molar-refractivity contribution is -0.136. The largest absolute Gasteiger partial charge is 0.392 e. The summed E-state index contributed by atoms with van der Waals surface area (Å²) in [4.78, 5) is 24.1. The van der Waals surface area contributed by atoms with Crippen molar-refractivity contribution < 1.29 is 14.7 Å². The Bertz CT molecular complexity index is 584. The molecular weight excluding hydrogens is 288 g/mol. The van der Waals surface area contributed by atoms with Crippen molar-refractivity contribution in [3.05, 3.63) is 23.3 Å². The van der Waals surface area contributed by atoms with Crippen LogP contribution in [-0.2, 0) is 9.59 Å². The third-order valence-corrected chi connectivity index (χ3v) is 6.54. The summed E-state index contributed by atoms with van der Waals surface area (Å²) in [6, 6.07) is 0. The molecule has 0 saturated heterocycles. The maximum Gasteiger partial charge on any atom is 0.159 e. The van der Waals surface area contributed by atoms with Gasteiger partial charge < -0.3 is 5.11 Å².